The van der Waals surface area contributed by atoms with Crippen LogP contribution in [0.5, 0.6) is 0 Å². The van der Waals surface area contributed by atoms with Gasteiger partial charge in [0.1, 0.15) is 12.1 Å². The molecule has 4 atom stereocenters. The lowest BCUT2D eigenvalue weighted by Gasteiger charge is -2.39. The molecule has 5 aliphatic heterocycles. The third kappa shape index (κ3) is 11.2. The summed E-state index contributed by atoms with van der Waals surface area (Å²) in [6, 6.07) is 4.96. The van der Waals surface area contributed by atoms with Crippen LogP contribution in [-0.2, 0) is 59.3 Å². The van der Waals surface area contributed by atoms with E-state index in [4.69, 9.17) is 19.4 Å². The molecule has 5 aliphatic rings. The monoisotopic (exact) mass is 1060 g/mol. The zero-order valence-corrected chi connectivity index (χ0v) is 46.5. The molecule has 3 aromatic heterocycles. The van der Waals surface area contributed by atoms with Crippen molar-refractivity contribution in [3.8, 4) is 34.4 Å². The molecule has 6 bridgehead atoms. The molecule has 0 aliphatic carbocycles. The van der Waals surface area contributed by atoms with Crippen molar-refractivity contribution >= 4 is 57.5 Å². The number of alkyl halides is 1. The van der Waals surface area contributed by atoms with Crippen molar-refractivity contribution in [3.05, 3.63) is 51.6 Å². The number of fused-ring (bicyclic) bond motifs is 6. The first-order valence-electron chi connectivity index (χ1n) is 27.1. The average Bonchev–Trinajstić information content (AvgIpc) is 4.01. The van der Waals surface area contributed by atoms with Crippen molar-refractivity contribution < 1.29 is 37.8 Å². The van der Waals surface area contributed by atoms with Crippen molar-refractivity contribution in [2.75, 3.05) is 85.1 Å². The number of carbonyl (C=O) groups excluding carboxylic acids is 5. The Morgan fingerprint density at radius 3 is 2.50 bits per heavy atom. The number of methoxy groups -OCH3 is 1. The van der Waals surface area contributed by atoms with E-state index in [9.17, 15) is 24.0 Å². The predicted molar refractivity (Wildman–Crippen MR) is 291 cm³/mol. The van der Waals surface area contributed by atoms with Gasteiger partial charge in [0, 0.05) is 120 Å². The number of piperidine rings is 1. The number of rotatable bonds is 10. The number of amides is 4. The standard InChI is InChI=1S/C57H75FN10O7S/c1-10-13-47(69)66-20-16-57(58,17-21-66)55(73)64(8)49(35(2)3)52(70)60-31-39-28-46-61-45(33-76-46)38-26-37-14-11-18-67-50(37)41(27-38)43(30-56(5,6)34-75-54(72)44-15-12-19-68(62-44)53(39)71)51(67)42-29-40(32-59-48(42)36(4)74-9)65-24-22-63(7)23-25-65/h26-27,29,32-33,35-36,39,44,49,62H,11-12,14-25,28,30-31,34H2,1-9H3,(H,60,70)/t36-,39+,44-,49-/m0/s1. The summed E-state index contributed by atoms with van der Waals surface area (Å²) in [5.74, 6) is 1.25. The Hall–Kier alpha value is -5.94. The molecule has 9 rings (SSSR count). The molecule has 0 radical (unpaired) electrons. The van der Waals surface area contributed by atoms with Gasteiger partial charge in [-0.3, -0.25) is 34.0 Å². The second-order valence-corrected chi connectivity index (χ2v) is 23.6. The number of aromatic nitrogens is 3. The summed E-state index contributed by atoms with van der Waals surface area (Å²) >= 11 is 1.45. The number of hydrogen-bond acceptors (Lipinski definition) is 13. The maximum Gasteiger partial charge on any atom is 0.324 e. The van der Waals surface area contributed by atoms with Crippen molar-refractivity contribution in [2.24, 2.45) is 17.3 Å². The molecule has 0 unspecified atom stereocenters. The quantitative estimate of drug-likeness (QED) is 0.141. The number of esters is 1. The van der Waals surface area contributed by atoms with E-state index in [1.54, 1.807) is 27.9 Å². The Labute approximate surface area is 450 Å². The second-order valence-electron chi connectivity index (χ2n) is 22.7. The minimum Gasteiger partial charge on any atom is -0.464 e. The summed E-state index contributed by atoms with van der Waals surface area (Å²) in [7, 11) is 5.31. The Kier molecular flexibility index (Phi) is 16.3. The van der Waals surface area contributed by atoms with Crippen molar-refractivity contribution in [2.45, 2.75) is 123 Å². The molecule has 4 amide bonds. The highest BCUT2D eigenvalue weighted by molar-refractivity contribution is 7.10. The molecular weight excluding hydrogens is 988 g/mol. The number of halogens is 1. The Morgan fingerprint density at radius 1 is 1.04 bits per heavy atom. The number of anilines is 1. The van der Waals surface area contributed by atoms with Crippen LogP contribution in [-0.4, -0.2) is 162 Å². The number of hydrogen-bond donors (Lipinski definition) is 2. The fraction of sp³-hybridized carbons (Fsp3) is 0.596. The number of piperazine rings is 1. The molecule has 19 heteroatoms. The second kappa shape index (κ2) is 22.6. The van der Waals surface area contributed by atoms with Gasteiger partial charge in [0.15, 0.2) is 5.67 Å². The first kappa shape index (κ1) is 54.8. The lowest BCUT2D eigenvalue weighted by Crippen LogP contribution is -2.59. The number of cyclic esters (lactones) is 1. The van der Waals surface area contributed by atoms with E-state index in [0.717, 1.165) is 90.4 Å². The highest BCUT2D eigenvalue weighted by Crippen LogP contribution is 2.46. The first-order valence-corrected chi connectivity index (χ1v) is 28.0. The number of likely N-dealkylation sites (N-methyl/N-ethyl adjacent to an activating group) is 2. The Morgan fingerprint density at radius 2 is 1.79 bits per heavy atom. The molecule has 1 aromatic carbocycles. The molecule has 0 saturated carbocycles. The number of likely N-dealkylation sites (tertiary alicyclic amines) is 1. The zero-order valence-electron chi connectivity index (χ0n) is 45.7. The van der Waals surface area contributed by atoms with Gasteiger partial charge in [0.05, 0.1) is 58.1 Å². The van der Waals surface area contributed by atoms with E-state index in [2.05, 4.69) is 76.0 Å². The van der Waals surface area contributed by atoms with E-state index in [1.807, 2.05) is 18.5 Å². The van der Waals surface area contributed by atoms with Crippen LogP contribution in [0, 0.1) is 29.1 Å². The topological polar surface area (TPSA) is 175 Å². The van der Waals surface area contributed by atoms with E-state index in [-0.39, 0.29) is 57.5 Å². The summed E-state index contributed by atoms with van der Waals surface area (Å²) in [5.41, 5.74) is 9.74. The Balaban J connectivity index is 1.06. The highest BCUT2D eigenvalue weighted by Gasteiger charge is 2.47. The van der Waals surface area contributed by atoms with Gasteiger partial charge >= 0.3 is 5.97 Å². The van der Waals surface area contributed by atoms with Gasteiger partial charge in [0.25, 0.3) is 11.8 Å². The van der Waals surface area contributed by atoms with Crippen LogP contribution in [0.1, 0.15) is 102 Å². The van der Waals surface area contributed by atoms with E-state index >= 15 is 4.39 Å². The molecule has 17 nitrogen and oxygen atoms in total. The predicted octanol–water partition coefficient (Wildman–Crippen LogP) is 5.97. The van der Waals surface area contributed by atoms with E-state index in [0.29, 0.717) is 30.8 Å². The largest absolute Gasteiger partial charge is 0.464 e. The van der Waals surface area contributed by atoms with Crippen molar-refractivity contribution in [3.63, 3.8) is 0 Å². The van der Waals surface area contributed by atoms with Crippen LogP contribution >= 0.6 is 11.3 Å². The molecule has 0 spiro atoms. The number of nitrogens with zero attached hydrogens (tertiary/aromatic N) is 8. The molecule has 2 N–H and O–H groups in total. The van der Waals surface area contributed by atoms with Crippen molar-refractivity contribution in [1.82, 2.24) is 45.0 Å². The summed E-state index contributed by atoms with van der Waals surface area (Å²) in [5, 5.41) is 8.29. The van der Waals surface area contributed by atoms with E-state index in [1.165, 1.54) is 44.3 Å². The van der Waals surface area contributed by atoms with Gasteiger partial charge in [-0.05, 0) is 94.2 Å². The van der Waals surface area contributed by atoms with Crippen LogP contribution in [0.4, 0.5) is 10.1 Å². The molecule has 76 heavy (non-hydrogen) atoms. The average molecular weight is 1060 g/mol. The highest BCUT2D eigenvalue weighted by atomic mass is 32.1. The van der Waals surface area contributed by atoms with Gasteiger partial charge in [-0.1, -0.05) is 33.6 Å². The number of hydrazine groups is 1. The van der Waals surface area contributed by atoms with Gasteiger partial charge in [-0.2, -0.15) is 0 Å². The number of nitrogens with one attached hydrogen (secondary N) is 2. The van der Waals surface area contributed by atoms with Crippen LogP contribution in [0.25, 0.3) is 33.4 Å². The normalized spacial score (nSPS) is 21.8. The van der Waals surface area contributed by atoms with E-state index < -0.39 is 58.7 Å². The van der Waals surface area contributed by atoms with Gasteiger partial charge < -0.3 is 39.0 Å². The zero-order chi connectivity index (χ0) is 54.2. The summed E-state index contributed by atoms with van der Waals surface area (Å²) < 4.78 is 31.2. The number of pyridine rings is 1. The smallest absolute Gasteiger partial charge is 0.324 e. The number of thiazole rings is 1. The summed E-state index contributed by atoms with van der Waals surface area (Å²) in [4.78, 5) is 87.2. The molecule has 3 fully saturated rings. The fourth-order valence-corrected chi connectivity index (χ4v) is 12.7. The Bertz CT molecular complexity index is 2930. The molecule has 408 valence electrons. The number of ether oxygens (including phenoxy) is 2. The molecule has 8 heterocycles. The number of aryl methyl sites for hydroxylation is 2. The lowest BCUT2D eigenvalue weighted by atomic mass is 9.84. The minimum absolute atomic E-state index is 0.0245. The van der Waals surface area contributed by atoms with Crippen LogP contribution in [0.15, 0.2) is 29.8 Å². The minimum atomic E-state index is -2.28. The van der Waals surface area contributed by atoms with Gasteiger partial charge in [0.2, 0.25) is 11.8 Å². The fourth-order valence-electron chi connectivity index (χ4n) is 11.8. The molecule has 4 aromatic rings. The number of benzene rings is 1. The van der Waals surface area contributed by atoms with Gasteiger partial charge in [-0.15, -0.1) is 11.3 Å². The number of carbonyl (C=O) groups is 5. The molecule has 3 saturated heterocycles. The third-order valence-corrected chi connectivity index (χ3v) is 17.0. The van der Waals surface area contributed by atoms with Crippen LogP contribution in [0.3, 0.4) is 0 Å². The summed E-state index contributed by atoms with van der Waals surface area (Å²) in [6.45, 7) is 16.4. The SMILES string of the molecule is CC#CC(=O)N1CCC(F)(C(=O)N(C)[C@H](C(=O)NC[C@H]2Cc3nc(cs3)-c3cc4c5c(c3)c(c(-c3cc(N6CCN(C)CC6)cnc3[C@H](C)OC)n5CCC4)CC(C)(C)COC(=O)[C@@H]3CCCN(N3)C2=O)C(C)C)CC1. The van der Waals surface area contributed by atoms with Gasteiger partial charge in [-0.25, -0.2) is 14.8 Å². The first-order chi connectivity index (χ1) is 36.3. The van der Waals surface area contributed by atoms with Crippen LogP contribution in [0.2, 0.25) is 0 Å². The lowest BCUT2D eigenvalue weighted by molar-refractivity contribution is -0.155. The maximum atomic E-state index is 16.5. The van der Waals surface area contributed by atoms with Crippen LogP contribution < -0.4 is 15.6 Å². The maximum absolute atomic E-state index is 16.5. The third-order valence-electron chi connectivity index (χ3n) is 16.2. The van der Waals surface area contributed by atoms with Crippen molar-refractivity contribution in [1.29, 1.82) is 0 Å². The summed E-state index contributed by atoms with van der Waals surface area (Å²) in [6.07, 6.45) is 4.86. The molecular formula is C57H75FN10O7S.